The average molecular weight is 327 g/mol. The number of para-hydroxylation sites is 1. The van der Waals surface area contributed by atoms with Crippen LogP contribution >= 0.6 is 11.3 Å². The minimum Gasteiger partial charge on any atom is -0.478 e. The molecule has 0 atom stereocenters. The predicted octanol–water partition coefficient (Wildman–Crippen LogP) is 2.22. The van der Waals surface area contributed by atoms with E-state index in [0.717, 1.165) is 0 Å². The topological polar surface area (TPSA) is 112 Å². The van der Waals surface area contributed by atoms with Crippen LogP contribution in [0, 0.1) is 0 Å². The summed E-state index contributed by atoms with van der Waals surface area (Å²) >= 11 is 1.42. The molecule has 4 aromatic rings. The number of fused-ring (bicyclic) bond motifs is 2. The summed E-state index contributed by atoms with van der Waals surface area (Å²) in [6.07, 6.45) is 3.43. The van der Waals surface area contributed by atoms with Crippen LogP contribution in [0.5, 0.6) is 0 Å². The number of nitrogens with one attached hydrogen (secondary N) is 2. The number of rotatable bonds is 3. The third-order valence-electron chi connectivity index (χ3n) is 3.30. The molecule has 0 saturated carbocycles. The van der Waals surface area contributed by atoms with Crippen molar-refractivity contribution >= 4 is 45.2 Å². The summed E-state index contributed by atoms with van der Waals surface area (Å²) in [5.74, 6) is -1.32. The molecule has 1 amide bonds. The first-order valence-electron chi connectivity index (χ1n) is 6.57. The Hall–Kier alpha value is -3.20. The van der Waals surface area contributed by atoms with E-state index < -0.39 is 11.9 Å². The number of carbonyl (C=O) groups excluding carboxylic acids is 1. The van der Waals surface area contributed by atoms with Crippen molar-refractivity contribution in [2.24, 2.45) is 0 Å². The monoisotopic (exact) mass is 327 g/mol. The summed E-state index contributed by atoms with van der Waals surface area (Å²) in [6.45, 7) is 0. The van der Waals surface area contributed by atoms with Gasteiger partial charge >= 0.3 is 5.97 Å². The zero-order valence-electron chi connectivity index (χ0n) is 11.5. The van der Waals surface area contributed by atoms with E-state index >= 15 is 0 Å². The van der Waals surface area contributed by atoms with Crippen molar-refractivity contribution in [3.63, 3.8) is 0 Å². The zero-order chi connectivity index (χ0) is 16.0. The fourth-order valence-electron chi connectivity index (χ4n) is 2.27. The summed E-state index contributed by atoms with van der Waals surface area (Å²) in [6, 6.07) is 4.76. The molecule has 0 spiro atoms. The van der Waals surface area contributed by atoms with Gasteiger partial charge in [-0.2, -0.15) is 0 Å². The summed E-state index contributed by atoms with van der Waals surface area (Å²) in [7, 11) is 0. The van der Waals surface area contributed by atoms with E-state index in [-0.39, 0.29) is 17.2 Å². The lowest BCUT2D eigenvalue weighted by molar-refractivity contribution is 0.0698. The molecule has 3 N–H and O–H groups in total. The highest BCUT2D eigenvalue weighted by Gasteiger charge is 2.16. The maximum Gasteiger partial charge on any atom is 0.337 e. The van der Waals surface area contributed by atoms with Crippen molar-refractivity contribution in [3.05, 3.63) is 47.2 Å². The molecular formula is C14H9N5O3S. The molecule has 9 heteroatoms. The third kappa shape index (κ3) is 2.23. The Morgan fingerprint density at radius 2 is 2.17 bits per heavy atom. The Morgan fingerprint density at radius 3 is 2.96 bits per heavy atom. The van der Waals surface area contributed by atoms with E-state index in [4.69, 9.17) is 5.11 Å². The van der Waals surface area contributed by atoms with Crippen LogP contribution in [0.25, 0.3) is 16.0 Å². The van der Waals surface area contributed by atoms with E-state index in [0.29, 0.717) is 16.0 Å². The number of carbonyl (C=O) groups is 2. The van der Waals surface area contributed by atoms with Gasteiger partial charge in [0.2, 0.25) is 5.95 Å². The van der Waals surface area contributed by atoms with Crippen LogP contribution in [0.1, 0.15) is 20.8 Å². The highest BCUT2D eigenvalue weighted by molar-refractivity contribution is 7.15. The van der Waals surface area contributed by atoms with E-state index in [9.17, 15) is 9.59 Å². The predicted molar refractivity (Wildman–Crippen MR) is 84.1 cm³/mol. The molecule has 8 nitrogen and oxygen atoms in total. The van der Waals surface area contributed by atoms with Crippen LogP contribution in [0.15, 0.2) is 36.0 Å². The molecule has 114 valence electrons. The summed E-state index contributed by atoms with van der Waals surface area (Å²) in [4.78, 5) is 35.3. The molecule has 0 saturated heterocycles. The van der Waals surface area contributed by atoms with Gasteiger partial charge in [-0.1, -0.05) is 6.07 Å². The number of hydrogen-bond acceptors (Lipinski definition) is 5. The average Bonchev–Trinajstić information content (AvgIpc) is 3.19. The maximum absolute atomic E-state index is 12.2. The van der Waals surface area contributed by atoms with Crippen molar-refractivity contribution in [2.45, 2.75) is 0 Å². The highest BCUT2D eigenvalue weighted by atomic mass is 32.1. The van der Waals surface area contributed by atoms with Crippen LogP contribution in [-0.2, 0) is 0 Å². The first-order valence-corrected chi connectivity index (χ1v) is 7.45. The maximum atomic E-state index is 12.2. The number of nitrogens with zero attached hydrogens (tertiary/aromatic N) is 3. The normalized spacial score (nSPS) is 11.1. The number of carboxylic acids is 1. The summed E-state index contributed by atoms with van der Waals surface area (Å²) < 4.78 is 1.75. The molecule has 3 heterocycles. The Bertz CT molecular complexity index is 1030. The van der Waals surface area contributed by atoms with Gasteiger partial charge in [-0.05, 0) is 12.1 Å². The third-order valence-corrected chi connectivity index (χ3v) is 4.07. The first kappa shape index (κ1) is 13.5. The molecule has 0 aliphatic carbocycles. The Kier molecular flexibility index (Phi) is 2.88. The van der Waals surface area contributed by atoms with Crippen LogP contribution in [0.2, 0.25) is 0 Å². The van der Waals surface area contributed by atoms with Crippen LogP contribution in [0.3, 0.4) is 0 Å². The molecule has 0 bridgehead atoms. The zero-order valence-corrected chi connectivity index (χ0v) is 12.3. The summed E-state index contributed by atoms with van der Waals surface area (Å²) in [5.41, 5.74) is 1.16. The second-order valence-corrected chi connectivity index (χ2v) is 5.64. The number of H-pyrrole nitrogens is 1. The fourth-order valence-corrected chi connectivity index (χ4v) is 2.97. The molecule has 3 aromatic heterocycles. The molecule has 0 aliphatic heterocycles. The Morgan fingerprint density at radius 1 is 1.30 bits per heavy atom. The second-order valence-electron chi connectivity index (χ2n) is 4.77. The quantitative estimate of drug-likeness (QED) is 0.534. The smallest absolute Gasteiger partial charge is 0.337 e. The van der Waals surface area contributed by atoms with Gasteiger partial charge in [0.25, 0.3) is 5.91 Å². The number of thiazole rings is 1. The van der Waals surface area contributed by atoms with E-state index in [1.54, 1.807) is 22.7 Å². The molecular weight excluding hydrogens is 318 g/mol. The molecule has 0 aliphatic rings. The molecule has 23 heavy (non-hydrogen) atoms. The van der Waals surface area contributed by atoms with E-state index in [1.807, 2.05) is 11.6 Å². The fraction of sp³-hybridized carbons (Fsp3) is 0. The molecule has 0 fully saturated rings. The van der Waals surface area contributed by atoms with Gasteiger partial charge in [-0.15, -0.1) is 11.3 Å². The lowest BCUT2D eigenvalue weighted by atomic mass is 10.2. The van der Waals surface area contributed by atoms with Gasteiger partial charge in [0, 0.05) is 17.8 Å². The number of hydrogen-bond donors (Lipinski definition) is 3. The van der Waals surface area contributed by atoms with Crippen molar-refractivity contribution in [1.82, 2.24) is 19.4 Å². The van der Waals surface area contributed by atoms with E-state index in [1.165, 1.54) is 17.4 Å². The van der Waals surface area contributed by atoms with Crippen molar-refractivity contribution in [3.8, 4) is 0 Å². The van der Waals surface area contributed by atoms with Gasteiger partial charge in [0.1, 0.15) is 11.2 Å². The van der Waals surface area contributed by atoms with Crippen LogP contribution in [0.4, 0.5) is 5.95 Å². The lowest BCUT2D eigenvalue weighted by Crippen LogP contribution is -2.13. The molecule has 1 aromatic carbocycles. The van der Waals surface area contributed by atoms with E-state index in [2.05, 4.69) is 20.3 Å². The first-order chi connectivity index (χ1) is 11.1. The number of amides is 1. The minimum atomic E-state index is -1.07. The SMILES string of the molecule is O=C(Nc1nc2c(C(=O)O)cccc2[nH]1)c1cn2ccsc2n1. The van der Waals surface area contributed by atoms with Crippen molar-refractivity contribution in [2.75, 3.05) is 5.32 Å². The van der Waals surface area contributed by atoms with Gasteiger partial charge in [0.05, 0.1) is 11.1 Å². The lowest BCUT2D eigenvalue weighted by Gasteiger charge is -1.97. The molecule has 0 radical (unpaired) electrons. The Labute approximate surface area is 132 Å². The standard InChI is InChI=1S/C14H9N5O3S/c20-11(9-6-19-4-5-23-14(19)16-9)18-13-15-8-3-1-2-7(12(21)22)10(8)17-13/h1-6H,(H,21,22)(H2,15,17,18,20). The molecule has 0 unspecified atom stereocenters. The number of imidazole rings is 2. The van der Waals surface area contributed by atoms with Gasteiger partial charge in [-0.3, -0.25) is 14.5 Å². The Balaban J connectivity index is 1.67. The number of aromatic nitrogens is 4. The number of benzene rings is 1. The van der Waals surface area contributed by atoms with Gasteiger partial charge in [0.15, 0.2) is 4.96 Å². The minimum absolute atomic E-state index is 0.0711. The molecule has 4 rings (SSSR count). The number of aromatic amines is 1. The van der Waals surface area contributed by atoms with Crippen LogP contribution in [-0.4, -0.2) is 36.3 Å². The van der Waals surface area contributed by atoms with Crippen molar-refractivity contribution < 1.29 is 14.7 Å². The number of carboxylic acid groups (broad SMARTS) is 1. The number of aromatic carboxylic acids is 1. The largest absolute Gasteiger partial charge is 0.478 e. The number of anilines is 1. The van der Waals surface area contributed by atoms with Gasteiger partial charge in [-0.25, -0.2) is 14.8 Å². The van der Waals surface area contributed by atoms with Crippen LogP contribution < -0.4 is 5.32 Å². The van der Waals surface area contributed by atoms with Crippen molar-refractivity contribution in [1.29, 1.82) is 0 Å². The summed E-state index contributed by atoms with van der Waals surface area (Å²) in [5, 5.41) is 13.6. The van der Waals surface area contributed by atoms with Gasteiger partial charge < -0.3 is 10.1 Å². The second kappa shape index (κ2) is 4.92. The highest BCUT2D eigenvalue weighted by Crippen LogP contribution is 2.19.